The molecule has 0 spiro atoms. The van der Waals surface area contributed by atoms with Crippen LogP contribution in [0.3, 0.4) is 0 Å². The van der Waals surface area contributed by atoms with Gasteiger partial charge in [0, 0.05) is 12.1 Å². The highest BCUT2D eigenvalue weighted by atomic mass is 32.2. The van der Waals surface area contributed by atoms with Gasteiger partial charge in [0.1, 0.15) is 5.75 Å². The lowest BCUT2D eigenvalue weighted by Gasteiger charge is -2.27. The molecular formula is C20H21NO5S. The lowest BCUT2D eigenvalue weighted by Crippen LogP contribution is -2.33. The molecule has 0 aromatic heterocycles. The lowest BCUT2D eigenvalue weighted by atomic mass is 10.00. The minimum Gasteiger partial charge on any atom is -0.508 e. The zero-order chi connectivity index (χ0) is 19.6. The number of benzene rings is 2. The molecule has 7 heteroatoms. The number of esters is 1. The van der Waals surface area contributed by atoms with Gasteiger partial charge >= 0.3 is 5.97 Å². The van der Waals surface area contributed by atoms with Gasteiger partial charge < -0.3 is 9.84 Å². The fourth-order valence-corrected chi connectivity index (χ4v) is 4.62. The van der Waals surface area contributed by atoms with Crippen LogP contribution in [0.2, 0.25) is 0 Å². The van der Waals surface area contributed by atoms with Crippen molar-refractivity contribution in [2.45, 2.75) is 24.8 Å². The second-order valence-corrected chi connectivity index (χ2v) is 8.12. The average Bonchev–Trinajstić information content (AvgIpc) is 3.08. The van der Waals surface area contributed by atoms with Crippen LogP contribution in [0.25, 0.3) is 0 Å². The normalized spacial score (nSPS) is 17.6. The number of aromatic hydroxyl groups is 1. The van der Waals surface area contributed by atoms with Gasteiger partial charge in [-0.3, -0.25) is 0 Å². The van der Waals surface area contributed by atoms with Crippen molar-refractivity contribution < 1.29 is 23.1 Å². The van der Waals surface area contributed by atoms with Gasteiger partial charge in [0.25, 0.3) is 0 Å². The van der Waals surface area contributed by atoms with Crippen LogP contribution in [0.5, 0.6) is 5.75 Å². The van der Waals surface area contributed by atoms with E-state index >= 15 is 0 Å². The number of rotatable bonds is 5. The van der Waals surface area contributed by atoms with E-state index in [1.807, 2.05) is 6.92 Å². The minimum absolute atomic E-state index is 0.0172. The highest BCUT2D eigenvalue weighted by molar-refractivity contribution is 7.89. The van der Waals surface area contributed by atoms with Crippen molar-refractivity contribution in [2.24, 2.45) is 0 Å². The molecule has 1 atom stereocenters. The fourth-order valence-electron chi connectivity index (χ4n) is 3.09. The minimum atomic E-state index is -3.89. The molecule has 1 aliphatic rings. The molecule has 0 amide bonds. The van der Waals surface area contributed by atoms with Crippen LogP contribution in [0.1, 0.15) is 24.1 Å². The third-order valence-corrected chi connectivity index (χ3v) is 6.29. The van der Waals surface area contributed by atoms with Crippen LogP contribution in [0, 0.1) is 6.92 Å². The number of ether oxygens (including phenoxy) is 1. The number of sulfonamides is 1. The first kappa shape index (κ1) is 19.1. The van der Waals surface area contributed by atoms with Crippen LogP contribution in [-0.4, -0.2) is 37.0 Å². The number of aryl methyl sites for hydroxylation is 1. The molecule has 3 rings (SSSR count). The second-order valence-electron chi connectivity index (χ2n) is 6.23. The number of para-hydroxylation sites is 1. The standard InChI is InChI=1S/C20H21NO5S/c1-3-26-20(23)17-12-13-21(19(17)16-6-4-5-7-18(16)22)27(24,25)15-10-8-14(2)9-11-15/h4-12,19,22H,3,13H2,1-2H3/t19-/m0/s1. The van der Waals surface area contributed by atoms with Crippen molar-refractivity contribution in [3.63, 3.8) is 0 Å². The Labute approximate surface area is 158 Å². The molecule has 0 unspecified atom stereocenters. The van der Waals surface area contributed by atoms with E-state index in [1.54, 1.807) is 43.3 Å². The molecule has 2 aromatic carbocycles. The van der Waals surface area contributed by atoms with Gasteiger partial charge in [-0.25, -0.2) is 13.2 Å². The molecule has 0 saturated heterocycles. The molecule has 0 radical (unpaired) electrons. The Hall–Kier alpha value is -2.64. The van der Waals surface area contributed by atoms with Gasteiger partial charge in [-0.2, -0.15) is 4.31 Å². The summed E-state index contributed by atoms with van der Waals surface area (Å²) < 4.78 is 32.7. The number of hydrogen-bond acceptors (Lipinski definition) is 5. The highest BCUT2D eigenvalue weighted by Crippen LogP contribution is 2.41. The summed E-state index contributed by atoms with van der Waals surface area (Å²) in [5.41, 5.74) is 1.48. The Balaban J connectivity index is 2.08. The molecule has 0 fully saturated rings. The summed E-state index contributed by atoms with van der Waals surface area (Å²) in [6.07, 6.45) is 1.54. The average molecular weight is 387 g/mol. The third kappa shape index (κ3) is 3.61. The van der Waals surface area contributed by atoms with Gasteiger partial charge in [-0.1, -0.05) is 42.0 Å². The van der Waals surface area contributed by atoms with Gasteiger partial charge in [0.2, 0.25) is 10.0 Å². The van der Waals surface area contributed by atoms with Crippen molar-refractivity contribution in [1.29, 1.82) is 0 Å². The van der Waals surface area contributed by atoms with Crippen LogP contribution in [0.15, 0.2) is 65.1 Å². The molecule has 0 saturated carbocycles. The number of nitrogens with zero attached hydrogens (tertiary/aromatic N) is 1. The quantitative estimate of drug-likeness (QED) is 0.798. The topological polar surface area (TPSA) is 83.9 Å². The van der Waals surface area contributed by atoms with E-state index in [0.29, 0.717) is 5.56 Å². The molecular weight excluding hydrogens is 366 g/mol. The zero-order valence-electron chi connectivity index (χ0n) is 15.1. The molecule has 2 aromatic rings. The maximum Gasteiger partial charge on any atom is 0.335 e. The Bertz CT molecular complexity index is 980. The van der Waals surface area contributed by atoms with Crippen LogP contribution >= 0.6 is 0 Å². The molecule has 1 aliphatic heterocycles. The lowest BCUT2D eigenvalue weighted by molar-refractivity contribution is -0.138. The summed E-state index contributed by atoms with van der Waals surface area (Å²) in [5, 5.41) is 10.3. The Morgan fingerprint density at radius 2 is 1.85 bits per heavy atom. The maximum absolute atomic E-state index is 13.2. The van der Waals surface area contributed by atoms with E-state index in [0.717, 1.165) is 5.56 Å². The van der Waals surface area contributed by atoms with E-state index < -0.39 is 22.0 Å². The second kappa shape index (κ2) is 7.54. The van der Waals surface area contributed by atoms with Crippen molar-refractivity contribution in [3.05, 3.63) is 71.3 Å². The van der Waals surface area contributed by atoms with E-state index in [2.05, 4.69) is 0 Å². The molecule has 142 valence electrons. The summed E-state index contributed by atoms with van der Waals surface area (Å²) >= 11 is 0. The number of phenolic OH excluding ortho intramolecular Hbond substituents is 1. The van der Waals surface area contributed by atoms with Gasteiger partial charge in [0.15, 0.2) is 0 Å². The summed E-state index contributed by atoms with van der Waals surface area (Å²) in [7, 11) is -3.89. The van der Waals surface area contributed by atoms with Crippen molar-refractivity contribution in [1.82, 2.24) is 4.31 Å². The molecule has 27 heavy (non-hydrogen) atoms. The van der Waals surface area contributed by atoms with Crippen LogP contribution < -0.4 is 0 Å². The number of hydrogen-bond donors (Lipinski definition) is 1. The molecule has 6 nitrogen and oxygen atoms in total. The number of carbonyl (C=O) groups excluding carboxylic acids is 1. The molecule has 0 bridgehead atoms. The maximum atomic E-state index is 13.2. The first-order valence-electron chi connectivity index (χ1n) is 8.60. The monoisotopic (exact) mass is 387 g/mol. The summed E-state index contributed by atoms with van der Waals surface area (Å²) in [6, 6.07) is 12.0. The smallest absolute Gasteiger partial charge is 0.335 e. The largest absolute Gasteiger partial charge is 0.508 e. The van der Waals surface area contributed by atoms with Crippen LogP contribution in [0.4, 0.5) is 0 Å². The first-order chi connectivity index (χ1) is 12.9. The molecule has 1 N–H and O–H groups in total. The summed E-state index contributed by atoms with van der Waals surface area (Å²) in [6.45, 7) is 3.75. The Kier molecular flexibility index (Phi) is 5.34. The van der Waals surface area contributed by atoms with E-state index in [-0.39, 0.29) is 29.4 Å². The van der Waals surface area contributed by atoms with E-state index in [4.69, 9.17) is 4.74 Å². The molecule has 1 heterocycles. The Morgan fingerprint density at radius 3 is 2.48 bits per heavy atom. The van der Waals surface area contributed by atoms with Gasteiger partial charge in [-0.05, 0) is 32.0 Å². The number of carbonyl (C=O) groups is 1. The summed E-state index contributed by atoms with van der Waals surface area (Å²) in [4.78, 5) is 12.5. The van der Waals surface area contributed by atoms with Gasteiger partial charge in [0.05, 0.1) is 23.1 Å². The third-order valence-electron chi connectivity index (χ3n) is 4.44. The van der Waals surface area contributed by atoms with Gasteiger partial charge in [-0.15, -0.1) is 0 Å². The fraction of sp³-hybridized carbons (Fsp3) is 0.250. The van der Waals surface area contributed by atoms with Crippen LogP contribution in [-0.2, 0) is 19.6 Å². The Morgan fingerprint density at radius 1 is 1.19 bits per heavy atom. The number of phenols is 1. The highest BCUT2D eigenvalue weighted by Gasteiger charge is 2.42. The zero-order valence-corrected chi connectivity index (χ0v) is 15.9. The van der Waals surface area contributed by atoms with Crippen molar-refractivity contribution in [2.75, 3.05) is 13.2 Å². The van der Waals surface area contributed by atoms with E-state index in [1.165, 1.54) is 22.5 Å². The predicted octanol–water partition coefficient (Wildman–Crippen LogP) is 2.94. The van der Waals surface area contributed by atoms with E-state index in [9.17, 15) is 18.3 Å². The predicted molar refractivity (Wildman–Crippen MR) is 101 cm³/mol. The van der Waals surface area contributed by atoms with Crippen molar-refractivity contribution >= 4 is 16.0 Å². The summed E-state index contributed by atoms with van der Waals surface area (Å²) in [5.74, 6) is -0.670. The van der Waals surface area contributed by atoms with Crippen molar-refractivity contribution in [3.8, 4) is 5.75 Å². The molecule has 0 aliphatic carbocycles. The SMILES string of the molecule is CCOC(=O)C1=CCN(S(=O)(=O)c2ccc(C)cc2)[C@H]1c1ccccc1O. The first-order valence-corrected chi connectivity index (χ1v) is 10.0.